The molecular weight excluding hydrogens is 342 g/mol. The summed E-state index contributed by atoms with van der Waals surface area (Å²) < 4.78 is 16.2. The molecule has 2 N–H and O–H groups in total. The number of methoxy groups -OCH3 is 2. The Morgan fingerprint density at radius 1 is 1.04 bits per heavy atom. The average molecular weight is 369 g/mol. The molecular formula is C22H27NO4. The first-order valence-electron chi connectivity index (χ1n) is 9.03. The van der Waals surface area contributed by atoms with Gasteiger partial charge in [-0.1, -0.05) is 13.3 Å². The number of allylic oxidation sites excluding steroid dienone is 1. The number of ketones is 1. The normalized spacial score (nSPS) is 11.2. The summed E-state index contributed by atoms with van der Waals surface area (Å²) in [5, 5.41) is 0. The fourth-order valence-electron chi connectivity index (χ4n) is 2.80. The van der Waals surface area contributed by atoms with Gasteiger partial charge in [0.15, 0.2) is 5.78 Å². The second-order valence-electron chi connectivity index (χ2n) is 6.04. The third-order valence-electron chi connectivity index (χ3n) is 4.15. The lowest BCUT2D eigenvalue weighted by molar-refractivity contribution is 0.103. The molecule has 27 heavy (non-hydrogen) atoms. The molecule has 0 heterocycles. The smallest absolute Gasteiger partial charge is 0.189 e. The maximum atomic E-state index is 13.1. The van der Waals surface area contributed by atoms with E-state index < -0.39 is 0 Å². The minimum Gasteiger partial charge on any atom is -0.497 e. The van der Waals surface area contributed by atoms with Crippen LogP contribution in [0.2, 0.25) is 0 Å². The van der Waals surface area contributed by atoms with Gasteiger partial charge in [-0.05, 0) is 55.8 Å². The average Bonchev–Trinajstić information content (AvgIpc) is 2.68. The standard InChI is InChI=1S/C22H27NO4/c1-5-7-15(12-17-13-18(25-3)9-11-20(17)26-4)22(24)16-8-10-19(23)21(14-16)27-6-2/h8-14H,5-7,23H2,1-4H3/b15-12+. The highest BCUT2D eigenvalue weighted by atomic mass is 16.5. The zero-order valence-corrected chi connectivity index (χ0v) is 16.4. The predicted molar refractivity (Wildman–Crippen MR) is 109 cm³/mol. The molecule has 0 aliphatic carbocycles. The largest absolute Gasteiger partial charge is 0.497 e. The van der Waals surface area contributed by atoms with E-state index in [9.17, 15) is 4.79 Å². The molecule has 0 aliphatic heterocycles. The summed E-state index contributed by atoms with van der Waals surface area (Å²) >= 11 is 0. The number of rotatable bonds is 9. The molecule has 2 aromatic rings. The third kappa shape index (κ3) is 5.03. The van der Waals surface area contributed by atoms with E-state index in [1.54, 1.807) is 32.4 Å². The quantitative estimate of drug-likeness (QED) is 0.392. The molecule has 0 aliphatic rings. The molecule has 0 saturated carbocycles. The fraction of sp³-hybridized carbons (Fsp3) is 0.318. The van der Waals surface area contributed by atoms with E-state index in [-0.39, 0.29) is 5.78 Å². The zero-order valence-electron chi connectivity index (χ0n) is 16.4. The number of benzene rings is 2. The van der Waals surface area contributed by atoms with Crippen LogP contribution in [0.5, 0.6) is 17.2 Å². The highest BCUT2D eigenvalue weighted by Crippen LogP contribution is 2.29. The Bertz CT molecular complexity index is 827. The second-order valence-corrected chi connectivity index (χ2v) is 6.04. The SMILES string of the molecule is CCC/C(=C\c1cc(OC)ccc1OC)C(=O)c1ccc(N)c(OCC)c1. The zero-order chi connectivity index (χ0) is 19.8. The fourth-order valence-corrected chi connectivity index (χ4v) is 2.80. The Balaban J connectivity index is 2.46. The molecule has 0 radical (unpaired) electrons. The van der Waals surface area contributed by atoms with Crippen LogP contribution in [0.1, 0.15) is 42.6 Å². The highest BCUT2D eigenvalue weighted by molar-refractivity contribution is 6.11. The molecule has 0 aromatic heterocycles. The topological polar surface area (TPSA) is 70.8 Å². The van der Waals surface area contributed by atoms with Crippen LogP contribution < -0.4 is 19.9 Å². The number of nitrogens with two attached hydrogens (primary N) is 1. The number of carbonyl (C=O) groups is 1. The van der Waals surface area contributed by atoms with E-state index >= 15 is 0 Å². The number of hydrogen-bond acceptors (Lipinski definition) is 5. The first-order valence-corrected chi connectivity index (χ1v) is 9.03. The molecule has 144 valence electrons. The highest BCUT2D eigenvalue weighted by Gasteiger charge is 2.15. The van der Waals surface area contributed by atoms with E-state index in [0.717, 1.165) is 12.0 Å². The van der Waals surface area contributed by atoms with Gasteiger partial charge in [-0.15, -0.1) is 0 Å². The Morgan fingerprint density at radius 3 is 2.44 bits per heavy atom. The van der Waals surface area contributed by atoms with Crippen molar-refractivity contribution in [3.63, 3.8) is 0 Å². The maximum absolute atomic E-state index is 13.1. The number of hydrogen-bond donors (Lipinski definition) is 1. The van der Waals surface area contributed by atoms with E-state index in [2.05, 4.69) is 0 Å². The van der Waals surface area contributed by atoms with Crippen LogP contribution in [0.4, 0.5) is 5.69 Å². The van der Waals surface area contributed by atoms with Crippen molar-refractivity contribution in [2.75, 3.05) is 26.6 Å². The lowest BCUT2D eigenvalue weighted by atomic mass is 9.96. The number of anilines is 1. The van der Waals surface area contributed by atoms with Crippen molar-refractivity contribution in [2.24, 2.45) is 0 Å². The molecule has 5 nitrogen and oxygen atoms in total. The van der Waals surface area contributed by atoms with Crippen LogP contribution in [0.3, 0.4) is 0 Å². The summed E-state index contributed by atoms with van der Waals surface area (Å²) in [6.07, 6.45) is 3.36. The van der Waals surface area contributed by atoms with Crippen molar-refractivity contribution >= 4 is 17.5 Å². The van der Waals surface area contributed by atoms with Gasteiger partial charge in [0.25, 0.3) is 0 Å². The van der Waals surface area contributed by atoms with Gasteiger partial charge in [-0.3, -0.25) is 4.79 Å². The summed E-state index contributed by atoms with van der Waals surface area (Å²) in [7, 11) is 3.21. The van der Waals surface area contributed by atoms with Gasteiger partial charge in [-0.2, -0.15) is 0 Å². The first-order chi connectivity index (χ1) is 13.0. The van der Waals surface area contributed by atoms with Gasteiger partial charge in [0.2, 0.25) is 0 Å². The summed E-state index contributed by atoms with van der Waals surface area (Å²) in [5.41, 5.74) is 8.48. The van der Waals surface area contributed by atoms with Gasteiger partial charge in [-0.25, -0.2) is 0 Å². The van der Waals surface area contributed by atoms with Crippen molar-refractivity contribution in [1.82, 2.24) is 0 Å². The van der Waals surface area contributed by atoms with E-state index in [4.69, 9.17) is 19.9 Å². The Hall–Kier alpha value is -2.95. The maximum Gasteiger partial charge on any atom is 0.189 e. The molecule has 0 atom stereocenters. The van der Waals surface area contributed by atoms with Crippen molar-refractivity contribution in [1.29, 1.82) is 0 Å². The summed E-state index contributed by atoms with van der Waals surface area (Å²) in [6.45, 7) is 4.41. The summed E-state index contributed by atoms with van der Waals surface area (Å²) in [6, 6.07) is 10.6. The lowest BCUT2D eigenvalue weighted by Crippen LogP contribution is -2.06. The van der Waals surface area contributed by atoms with Gasteiger partial charge >= 0.3 is 0 Å². The van der Waals surface area contributed by atoms with Gasteiger partial charge in [0.05, 0.1) is 26.5 Å². The number of carbonyl (C=O) groups excluding carboxylic acids is 1. The van der Waals surface area contributed by atoms with Crippen LogP contribution in [0.15, 0.2) is 42.0 Å². The van der Waals surface area contributed by atoms with Crippen molar-refractivity contribution in [2.45, 2.75) is 26.7 Å². The van der Waals surface area contributed by atoms with Gasteiger partial charge < -0.3 is 19.9 Å². The predicted octanol–water partition coefficient (Wildman–Crippen LogP) is 4.75. The molecule has 2 aromatic carbocycles. The third-order valence-corrected chi connectivity index (χ3v) is 4.15. The second kappa shape index (κ2) is 9.67. The van der Waals surface area contributed by atoms with Crippen molar-refractivity contribution in [3.05, 3.63) is 53.1 Å². The van der Waals surface area contributed by atoms with Crippen LogP contribution in [0, 0.1) is 0 Å². The number of ether oxygens (including phenoxy) is 3. The lowest BCUT2D eigenvalue weighted by Gasteiger charge is -2.12. The van der Waals surface area contributed by atoms with Gasteiger partial charge in [0, 0.05) is 16.7 Å². The van der Waals surface area contributed by atoms with Crippen LogP contribution in [-0.2, 0) is 0 Å². The van der Waals surface area contributed by atoms with Crippen LogP contribution >= 0.6 is 0 Å². The van der Waals surface area contributed by atoms with E-state index in [0.29, 0.717) is 47.1 Å². The molecule has 0 amide bonds. The molecule has 0 saturated heterocycles. The summed E-state index contributed by atoms with van der Waals surface area (Å²) in [5.74, 6) is 1.86. The Morgan fingerprint density at radius 2 is 1.81 bits per heavy atom. The van der Waals surface area contributed by atoms with E-state index in [1.165, 1.54) is 0 Å². The van der Waals surface area contributed by atoms with Crippen molar-refractivity contribution in [3.8, 4) is 17.2 Å². The molecule has 0 fully saturated rings. The molecule has 2 rings (SSSR count). The molecule has 0 bridgehead atoms. The van der Waals surface area contributed by atoms with E-state index in [1.807, 2.05) is 38.1 Å². The monoisotopic (exact) mass is 369 g/mol. The molecule has 0 unspecified atom stereocenters. The molecule has 0 spiro atoms. The molecule has 5 heteroatoms. The van der Waals surface area contributed by atoms with Gasteiger partial charge in [0.1, 0.15) is 17.2 Å². The Kier molecular flexibility index (Phi) is 7.29. The first kappa shape index (κ1) is 20.4. The Labute approximate surface area is 160 Å². The number of nitrogen functional groups attached to an aromatic ring is 1. The van der Waals surface area contributed by atoms with Crippen molar-refractivity contribution < 1.29 is 19.0 Å². The minimum atomic E-state index is -0.0531. The minimum absolute atomic E-state index is 0.0531. The summed E-state index contributed by atoms with van der Waals surface area (Å²) in [4.78, 5) is 13.1. The van der Waals surface area contributed by atoms with Crippen LogP contribution in [0.25, 0.3) is 6.08 Å². The van der Waals surface area contributed by atoms with Crippen LogP contribution in [-0.4, -0.2) is 26.6 Å². The number of Topliss-reactive ketones (excluding diaryl/α,β-unsaturated/α-hetero) is 1.